The lowest BCUT2D eigenvalue weighted by atomic mass is 9.92. The van der Waals surface area contributed by atoms with Gasteiger partial charge in [-0.15, -0.1) is 0 Å². The summed E-state index contributed by atoms with van der Waals surface area (Å²) in [5.74, 6) is 0.659. The first-order valence-electron chi connectivity index (χ1n) is 9.85. The zero-order valence-corrected chi connectivity index (χ0v) is 16.6. The van der Waals surface area contributed by atoms with Crippen LogP contribution in [0.5, 0.6) is 0 Å². The van der Waals surface area contributed by atoms with Crippen LogP contribution in [0.25, 0.3) is 0 Å². The molecule has 0 aromatic heterocycles. The van der Waals surface area contributed by atoms with Crippen LogP contribution in [0, 0.1) is 5.92 Å². The summed E-state index contributed by atoms with van der Waals surface area (Å²) >= 11 is 6.45. The number of rotatable bonds is 5. The van der Waals surface area contributed by atoms with Crippen molar-refractivity contribution in [2.24, 2.45) is 10.9 Å². The van der Waals surface area contributed by atoms with Crippen LogP contribution >= 0.6 is 11.6 Å². The van der Waals surface area contributed by atoms with Gasteiger partial charge in [-0.1, -0.05) is 72.3 Å². The average molecular weight is 390 g/mol. The maximum absolute atomic E-state index is 6.45. The third-order valence-electron chi connectivity index (χ3n) is 5.14. The Morgan fingerprint density at radius 3 is 2.07 bits per heavy atom. The van der Waals surface area contributed by atoms with Gasteiger partial charge in [-0.2, -0.15) is 0 Å². The summed E-state index contributed by atoms with van der Waals surface area (Å²) in [6.45, 7) is 1.73. The normalized spacial score (nSPS) is 14.6. The molecule has 4 rings (SSSR count). The number of ether oxygens (including phenoxy) is 1. The Kier molecular flexibility index (Phi) is 6.20. The molecule has 0 spiro atoms. The van der Waals surface area contributed by atoms with Crippen molar-refractivity contribution in [3.05, 3.63) is 101 Å². The van der Waals surface area contributed by atoms with Gasteiger partial charge in [0.05, 0.1) is 11.4 Å². The number of hydrogen-bond acceptors (Lipinski definition) is 2. The Bertz CT molecular complexity index is 890. The summed E-state index contributed by atoms with van der Waals surface area (Å²) in [6.07, 6.45) is 3.26. The lowest BCUT2D eigenvalue weighted by molar-refractivity contribution is 0.0665. The highest BCUT2D eigenvalue weighted by atomic mass is 35.5. The van der Waals surface area contributed by atoms with Gasteiger partial charge in [0.2, 0.25) is 0 Å². The SMILES string of the molecule is Clc1cc(CC2CCOCC2)cc(N=C(c2ccccc2)c2ccccc2)c1. The Labute approximate surface area is 171 Å². The standard InChI is InChI=1S/C25H24ClNO/c26-23-16-20(15-19-11-13-28-14-12-19)17-24(18-23)27-25(21-7-3-1-4-8-21)22-9-5-2-6-10-22/h1-10,16-19H,11-15H2. The van der Waals surface area contributed by atoms with E-state index >= 15 is 0 Å². The van der Waals surface area contributed by atoms with E-state index < -0.39 is 0 Å². The molecule has 0 unspecified atom stereocenters. The Morgan fingerprint density at radius 1 is 0.857 bits per heavy atom. The second kappa shape index (κ2) is 9.18. The largest absolute Gasteiger partial charge is 0.381 e. The third-order valence-corrected chi connectivity index (χ3v) is 5.36. The second-order valence-corrected chi connectivity index (χ2v) is 7.71. The molecule has 0 amide bonds. The number of halogens is 1. The molecule has 1 fully saturated rings. The second-order valence-electron chi connectivity index (χ2n) is 7.27. The van der Waals surface area contributed by atoms with E-state index in [-0.39, 0.29) is 0 Å². The van der Waals surface area contributed by atoms with Crippen LogP contribution in [0.2, 0.25) is 5.02 Å². The molecule has 1 saturated heterocycles. The van der Waals surface area contributed by atoms with Crippen LogP contribution in [0.4, 0.5) is 5.69 Å². The van der Waals surface area contributed by atoms with Crippen molar-refractivity contribution in [2.75, 3.05) is 13.2 Å². The lowest BCUT2D eigenvalue weighted by Gasteiger charge is -2.22. The molecular weight excluding hydrogens is 366 g/mol. The van der Waals surface area contributed by atoms with Crippen molar-refractivity contribution in [1.82, 2.24) is 0 Å². The van der Waals surface area contributed by atoms with Crippen LogP contribution in [0.3, 0.4) is 0 Å². The molecular formula is C25H24ClNO. The van der Waals surface area contributed by atoms with Gasteiger partial charge in [-0.05, 0) is 48.9 Å². The minimum Gasteiger partial charge on any atom is -0.381 e. The van der Waals surface area contributed by atoms with Crippen molar-refractivity contribution in [1.29, 1.82) is 0 Å². The fourth-order valence-corrected chi connectivity index (χ4v) is 3.97. The predicted octanol–water partition coefficient (Wildman–Crippen LogP) is 6.48. The smallest absolute Gasteiger partial charge is 0.0781 e. The fraction of sp³-hybridized carbons (Fsp3) is 0.240. The van der Waals surface area contributed by atoms with Crippen LogP contribution < -0.4 is 0 Å². The molecule has 0 N–H and O–H groups in total. The first kappa shape index (κ1) is 18.9. The maximum Gasteiger partial charge on any atom is 0.0781 e. The molecule has 1 aliphatic heterocycles. The number of nitrogens with zero attached hydrogens (tertiary/aromatic N) is 1. The molecule has 0 bridgehead atoms. The lowest BCUT2D eigenvalue weighted by Crippen LogP contribution is -2.17. The minimum absolute atomic E-state index is 0.659. The molecule has 0 atom stereocenters. The zero-order chi connectivity index (χ0) is 19.2. The highest BCUT2D eigenvalue weighted by Gasteiger charge is 2.15. The van der Waals surface area contributed by atoms with Gasteiger partial charge in [0.1, 0.15) is 0 Å². The van der Waals surface area contributed by atoms with Crippen LogP contribution in [-0.4, -0.2) is 18.9 Å². The zero-order valence-electron chi connectivity index (χ0n) is 15.9. The Balaban J connectivity index is 1.69. The van der Waals surface area contributed by atoms with E-state index in [2.05, 4.69) is 36.4 Å². The van der Waals surface area contributed by atoms with E-state index in [0.29, 0.717) is 5.92 Å². The Morgan fingerprint density at radius 2 is 1.46 bits per heavy atom. The number of aliphatic imine (C=N–C) groups is 1. The van der Waals surface area contributed by atoms with Crippen molar-refractivity contribution in [2.45, 2.75) is 19.3 Å². The van der Waals surface area contributed by atoms with Gasteiger partial charge >= 0.3 is 0 Å². The first-order chi connectivity index (χ1) is 13.8. The molecule has 3 aromatic rings. The minimum atomic E-state index is 0.659. The molecule has 0 saturated carbocycles. The summed E-state index contributed by atoms with van der Waals surface area (Å²) in [6, 6.07) is 26.8. The topological polar surface area (TPSA) is 21.6 Å². The van der Waals surface area contributed by atoms with Crippen molar-refractivity contribution in [3.8, 4) is 0 Å². The molecule has 0 radical (unpaired) electrons. The fourth-order valence-electron chi connectivity index (χ4n) is 3.72. The molecule has 2 nitrogen and oxygen atoms in total. The van der Waals surface area contributed by atoms with Gasteiger partial charge < -0.3 is 4.74 Å². The quantitative estimate of drug-likeness (QED) is 0.457. The summed E-state index contributed by atoms with van der Waals surface area (Å²) in [4.78, 5) is 5.02. The molecule has 1 heterocycles. The van der Waals surface area contributed by atoms with E-state index in [4.69, 9.17) is 21.3 Å². The Hall–Kier alpha value is -2.42. The third kappa shape index (κ3) is 4.89. The van der Waals surface area contributed by atoms with E-state index in [1.54, 1.807) is 0 Å². The summed E-state index contributed by atoms with van der Waals surface area (Å²) in [5.41, 5.74) is 5.30. The van der Waals surface area contributed by atoms with Crippen LogP contribution in [0.1, 0.15) is 29.5 Å². The van der Waals surface area contributed by atoms with Gasteiger partial charge in [0.15, 0.2) is 0 Å². The summed E-state index contributed by atoms with van der Waals surface area (Å²) in [7, 11) is 0. The van der Waals surface area contributed by atoms with E-state index in [1.165, 1.54) is 5.56 Å². The van der Waals surface area contributed by atoms with Gasteiger partial charge in [-0.25, -0.2) is 4.99 Å². The molecule has 142 valence electrons. The molecule has 0 aliphatic carbocycles. The number of hydrogen-bond donors (Lipinski definition) is 0. The average Bonchev–Trinajstić information content (AvgIpc) is 2.74. The monoisotopic (exact) mass is 389 g/mol. The van der Waals surface area contributed by atoms with Gasteiger partial charge in [0.25, 0.3) is 0 Å². The van der Waals surface area contributed by atoms with E-state index in [9.17, 15) is 0 Å². The highest BCUT2D eigenvalue weighted by Crippen LogP contribution is 2.27. The van der Waals surface area contributed by atoms with E-state index in [1.807, 2.05) is 42.5 Å². The summed E-state index contributed by atoms with van der Waals surface area (Å²) < 4.78 is 5.49. The van der Waals surface area contributed by atoms with Gasteiger partial charge in [0, 0.05) is 29.4 Å². The van der Waals surface area contributed by atoms with Crippen LogP contribution in [-0.2, 0) is 11.2 Å². The molecule has 3 aromatic carbocycles. The van der Waals surface area contributed by atoms with Crippen molar-refractivity contribution < 1.29 is 4.74 Å². The highest BCUT2D eigenvalue weighted by molar-refractivity contribution is 6.31. The van der Waals surface area contributed by atoms with Crippen molar-refractivity contribution in [3.63, 3.8) is 0 Å². The maximum atomic E-state index is 6.45. The van der Waals surface area contributed by atoms with Crippen LogP contribution in [0.15, 0.2) is 83.9 Å². The van der Waals surface area contributed by atoms with E-state index in [0.717, 1.165) is 60.0 Å². The molecule has 1 aliphatic rings. The van der Waals surface area contributed by atoms with Gasteiger partial charge in [-0.3, -0.25) is 0 Å². The van der Waals surface area contributed by atoms with Crippen molar-refractivity contribution >= 4 is 23.0 Å². The molecule has 28 heavy (non-hydrogen) atoms. The number of benzene rings is 3. The first-order valence-corrected chi connectivity index (χ1v) is 10.2. The predicted molar refractivity (Wildman–Crippen MR) is 117 cm³/mol. The summed E-state index contributed by atoms with van der Waals surface area (Å²) in [5, 5.41) is 0.740. The molecule has 3 heteroatoms.